The van der Waals surface area contributed by atoms with Gasteiger partial charge in [0.05, 0.1) is 17.1 Å². The van der Waals surface area contributed by atoms with Gasteiger partial charge in [0.25, 0.3) is 0 Å². The summed E-state index contributed by atoms with van der Waals surface area (Å²) in [7, 11) is 0. The maximum Gasteiger partial charge on any atom is 0.200 e. The van der Waals surface area contributed by atoms with E-state index in [9.17, 15) is 0 Å². The van der Waals surface area contributed by atoms with Gasteiger partial charge in [-0.25, -0.2) is 4.98 Å². The molecule has 0 aliphatic rings. The molecular weight excluding hydrogens is 268 g/mol. The van der Waals surface area contributed by atoms with Crippen molar-refractivity contribution in [3.05, 3.63) is 42.2 Å². The standard InChI is InChI=1S/C13H12N8/c1-8(13-15-9-4-2-3-5-10(9)16-13)14-11-6-7-12-17-19-20-21(12)18-11/h2-8H,1H3,(H,14,18)(H,15,16). The molecule has 0 saturated carbocycles. The number of hydrogen-bond donors (Lipinski definition) is 2. The molecule has 3 aromatic heterocycles. The van der Waals surface area contributed by atoms with Crippen LogP contribution in [0, 0.1) is 0 Å². The summed E-state index contributed by atoms with van der Waals surface area (Å²) in [5, 5.41) is 18.7. The zero-order valence-corrected chi connectivity index (χ0v) is 11.2. The third-order valence-corrected chi connectivity index (χ3v) is 3.25. The van der Waals surface area contributed by atoms with Gasteiger partial charge in [-0.1, -0.05) is 12.1 Å². The summed E-state index contributed by atoms with van der Waals surface area (Å²) in [6.45, 7) is 2.02. The van der Waals surface area contributed by atoms with Crippen molar-refractivity contribution >= 4 is 22.5 Å². The van der Waals surface area contributed by atoms with E-state index < -0.39 is 0 Å². The molecule has 104 valence electrons. The molecule has 0 bridgehead atoms. The van der Waals surface area contributed by atoms with E-state index in [1.807, 2.05) is 37.3 Å². The summed E-state index contributed by atoms with van der Waals surface area (Å²) in [6, 6.07) is 11.6. The first-order chi connectivity index (χ1) is 10.3. The van der Waals surface area contributed by atoms with Crippen molar-refractivity contribution in [3.63, 3.8) is 0 Å². The molecule has 3 heterocycles. The highest BCUT2D eigenvalue weighted by atomic mass is 15.6. The van der Waals surface area contributed by atoms with Crippen LogP contribution in [0.5, 0.6) is 0 Å². The minimum absolute atomic E-state index is 0.0150. The molecule has 1 unspecified atom stereocenters. The van der Waals surface area contributed by atoms with Crippen LogP contribution in [-0.4, -0.2) is 35.2 Å². The third-order valence-electron chi connectivity index (χ3n) is 3.25. The second kappa shape index (κ2) is 4.51. The van der Waals surface area contributed by atoms with Gasteiger partial charge in [0.15, 0.2) is 5.65 Å². The molecule has 4 rings (SSSR count). The van der Waals surface area contributed by atoms with Crippen LogP contribution in [0.25, 0.3) is 16.7 Å². The highest BCUT2D eigenvalue weighted by Crippen LogP contribution is 2.18. The largest absolute Gasteiger partial charge is 0.359 e. The number of nitrogens with zero attached hydrogens (tertiary/aromatic N) is 6. The van der Waals surface area contributed by atoms with Crippen molar-refractivity contribution in [3.8, 4) is 0 Å². The molecule has 0 saturated heterocycles. The Balaban J connectivity index is 1.63. The van der Waals surface area contributed by atoms with Crippen molar-refractivity contribution in [2.75, 3.05) is 5.32 Å². The zero-order chi connectivity index (χ0) is 14.2. The van der Waals surface area contributed by atoms with E-state index >= 15 is 0 Å². The third kappa shape index (κ3) is 2.06. The van der Waals surface area contributed by atoms with E-state index in [0.29, 0.717) is 11.5 Å². The van der Waals surface area contributed by atoms with E-state index in [0.717, 1.165) is 16.9 Å². The normalized spacial score (nSPS) is 12.8. The van der Waals surface area contributed by atoms with Crippen LogP contribution < -0.4 is 5.32 Å². The molecule has 8 heteroatoms. The van der Waals surface area contributed by atoms with Crippen molar-refractivity contribution in [1.29, 1.82) is 0 Å². The zero-order valence-electron chi connectivity index (χ0n) is 11.2. The molecule has 0 amide bonds. The van der Waals surface area contributed by atoms with Crippen LogP contribution in [0.4, 0.5) is 5.82 Å². The van der Waals surface area contributed by atoms with Gasteiger partial charge >= 0.3 is 0 Å². The molecule has 4 aromatic rings. The van der Waals surface area contributed by atoms with Crippen molar-refractivity contribution < 1.29 is 0 Å². The number of rotatable bonds is 3. The monoisotopic (exact) mass is 280 g/mol. The SMILES string of the molecule is CC(Nc1ccc2nnnn2n1)c1nc2ccccc2[nH]1. The second-order valence-electron chi connectivity index (χ2n) is 4.75. The number of aromatic nitrogens is 7. The van der Waals surface area contributed by atoms with Gasteiger partial charge in [-0.3, -0.25) is 0 Å². The molecule has 0 aliphatic carbocycles. The Kier molecular flexibility index (Phi) is 2.53. The molecule has 2 N–H and O–H groups in total. The van der Waals surface area contributed by atoms with E-state index in [4.69, 9.17) is 0 Å². The number of para-hydroxylation sites is 2. The molecule has 0 spiro atoms. The van der Waals surface area contributed by atoms with E-state index in [1.165, 1.54) is 4.63 Å². The first kappa shape index (κ1) is 11.8. The minimum Gasteiger partial charge on any atom is -0.359 e. The van der Waals surface area contributed by atoms with Gasteiger partial charge in [0.2, 0.25) is 0 Å². The van der Waals surface area contributed by atoms with Gasteiger partial charge in [0, 0.05) is 0 Å². The van der Waals surface area contributed by atoms with Crippen LogP contribution in [0.15, 0.2) is 36.4 Å². The summed E-state index contributed by atoms with van der Waals surface area (Å²) in [5.41, 5.74) is 2.58. The number of imidazole rings is 1. The lowest BCUT2D eigenvalue weighted by atomic mass is 10.3. The van der Waals surface area contributed by atoms with Crippen LogP contribution in [0.2, 0.25) is 0 Å². The van der Waals surface area contributed by atoms with Crippen LogP contribution >= 0.6 is 0 Å². The number of fused-ring (bicyclic) bond motifs is 2. The summed E-state index contributed by atoms with van der Waals surface area (Å²) < 4.78 is 1.38. The Hall–Kier alpha value is -3.03. The number of hydrogen-bond acceptors (Lipinski definition) is 6. The molecule has 0 aliphatic heterocycles. The summed E-state index contributed by atoms with van der Waals surface area (Å²) >= 11 is 0. The lowest BCUT2D eigenvalue weighted by molar-refractivity contribution is 0.723. The summed E-state index contributed by atoms with van der Waals surface area (Å²) in [4.78, 5) is 7.87. The van der Waals surface area contributed by atoms with Crippen LogP contribution in [0.3, 0.4) is 0 Å². The molecular formula is C13H12N8. The van der Waals surface area contributed by atoms with Gasteiger partial charge in [-0.15, -0.1) is 14.8 Å². The van der Waals surface area contributed by atoms with Gasteiger partial charge in [0.1, 0.15) is 11.6 Å². The number of benzene rings is 1. The van der Waals surface area contributed by atoms with Gasteiger partial charge in [-0.2, -0.15) is 0 Å². The first-order valence-electron chi connectivity index (χ1n) is 6.56. The maximum atomic E-state index is 4.57. The lowest BCUT2D eigenvalue weighted by Crippen LogP contribution is -2.11. The molecule has 0 fully saturated rings. The second-order valence-corrected chi connectivity index (χ2v) is 4.75. The van der Waals surface area contributed by atoms with E-state index in [2.05, 4.69) is 35.9 Å². The van der Waals surface area contributed by atoms with Crippen LogP contribution in [-0.2, 0) is 0 Å². The summed E-state index contributed by atoms with van der Waals surface area (Å²) in [6.07, 6.45) is 0. The predicted molar refractivity (Wildman–Crippen MR) is 76.7 cm³/mol. The van der Waals surface area contributed by atoms with E-state index in [-0.39, 0.29) is 6.04 Å². The quantitative estimate of drug-likeness (QED) is 0.591. The average Bonchev–Trinajstić information content (AvgIpc) is 3.13. The fourth-order valence-electron chi connectivity index (χ4n) is 2.19. The maximum absolute atomic E-state index is 4.57. The average molecular weight is 280 g/mol. The minimum atomic E-state index is -0.0150. The fourth-order valence-corrected chi connectivity index (χ4v) is 2.19. The predicted octanol–water partition coefficient (Wildman–Crippen LogP) is 1.57. The fraction of sp³-hybridized carbons (Fsp3) is 0.154. The Bertz CT molecular complexity index is 875. The number of tetrazole rings is 1. The highest BCUT2D eigenvalue weighted by molar-refractivity contribution is 5.74. The molecule has 1 atom stereocenters. The smallest absolute Gasteiger partial charge is 0.200 e. The van der Waals surface area contributed by atoms with E-state index in [1.54, 1.807) is 6.07 Å². The number of anilines is 1. The Morgan fingerprint density at radius 2 is 2.10 bits per heavy atom. The number of aromatic amines is 1. The van der Waals surface area contributed by atoms with Gasteiger partial charge in [-0.05, 0) is 41.6 Å². The highest BCUT2D eigenvalue weighted by Gasteiger charge is 2.11. The van der Waals surface area contributed by atoms with Gasteiger partial charge < -0.3 is 10.3 Å². The Morgan fingerprint density at radius 3 is 3.00 bits per heavy atom. The topological polar surface area (TPSA) is 96.7 Å². The molecule has 0 radical (unpaired) electrons. The Labute approximate surface area is 119 Å². The first-order valence-corrected chi connectivity index (χ1v) is 6.56. The molecule has 1 aromatic carbocycles. The lowest BCUT2D eigenvalue weighted by Gasteiger charge is -2.11. The Morgan fingerprint density at radius 1 is 1.19 bits per heavy atom. The molecule has 8 nitrogen and oxygen atoms in total. The summed E-state index contributed by atoms with van der Waals surface area (Å²) in [5.74, 6) is 1.54. The van der Waals surface area contributed by atoms with Crippen LogP contribution in [0.1, 0.15) is 18.8 Å². The number of nitrogens with one attached hydrogen (secondary N) is 2. The molecule has 21 heavy (non-hydrogen) atoms. The van der Waals surface area contributed by atoms with Crippen molar-refractivity contribution in [1.82, 2.24) is 35.2 Å². The van der Waals surface area contributed by atoms with Crippen molar-refractivity contribution in [2.45, 2.75) is 13.0 Å². The van der Waals surface area contributed by atoms with Crippen molar-refractivity contribution in [2.24, 2.45) is 0 Å². The number of H-pyrrole nitrogens is 1.